The number of aromatic amines is 1. The van der Waals surface area contributed by atoms with E-state index in [9.17, 15) is 13.0 Å². The summed E-state index contributed by atoms with van der Waals surface area (Å²) in [5, 5.41) is 9.45. The molecule has 0 amide bonds. The van der Waals surface area contributed by atoms with Crippen LogP contribution in [0.4, 0.5) is 8.78 Å². The number of nitrogens with one attached hydrogen (secondary N) is 1. The van der Waals surface area contributed by atoms with Crippen molar-refractivity contribution in [3.8, 4) is 17.3 Å². The van der Waals surface area contributed by atoms with Crippen LogP contribution in [0.5, 0.6) is 6.01 Å². The van der Waals surface area contributed by atoms with Crippen LogP contribution in [0.25, 0.3) is 28.0 Å². The highest BCUT2D eigenvalue weighted by atomic mass is 35.5. The molecule has 2 N–H and O–H groups in total. The van der Waals surface area contributed by atoms with Gasteiger partial charge in [0.25, 0.3) is 6.01 Å². The summed E-state index contributed by atoms with van der Waals surface area (Å²) in [4.78, 5) is 11.5. The van der Waals surface area contributed by atoms with E-state index in [2.05, 4.69) is 25.4 Å². The Bertz CT molecular complexity index is 1460. The number of pyridine rings is 1. The molecule has 3 atom stereocenters. The fourth-order valence-corrected chi connectivity index (χ4v) is 5.76. The Kier molecular flexibility index (Phi) is 6.99. The van der Waals surface area contributed by atoms with Gasteiger partial charge >= 0.3 is 5.92 Å². The molecule has 2 aromatic heterocycles. The monoisotopic (exact) mass is 552 g/mol. The Morgan fingerprint density at radius 1 is 1.27 bits per heavy atom. The van der Waals surface area contributed by atoms with Gasteiger partial charge < -0.3 is 19.6 Å². The molecule has 1 fully saturated rings. The third-order valence-electron chi connectivity index (χ3n) is 6.45. The molecule has 1 aliphatic heterocycles. The van der Waals surface area contributed by atoms with Crippen LogP contribution in [0.3, 0.4) is 0 Å². The van der Waals surface area contributed by atoms with Gasteiger partial charge in [0.2, 0.25) is 0 Å². The maximum Gasteiger partial charge on any atom is 0.314 e. The third kappa shape index (κ3) is 5.50. The number of fused-ring (bicyclic) bond motifs is 1. The summed E-state index contributed by atoms with van der Waals surface area (Å²) >= 11 is 6.49. The molecule has 2 aliphatic rings. The summed E-state index contributed by atoms with van der Waals surface area (Å²) in [7, 11) is -2.11. The number of aliphatic hydroxyl groups is 1. The number of ether oxygens (including phenoxy) is 2. The van der Waals surface area contributed by atoms with Crippen LogP contribution in [0, 0.1) is 0 Å². The lowest BCUT2D eigenvalue weighted by Crippen LogP contribution is -2.43. The first kappa shape index (κ1) is 26.0. The topological polar surface area (TPSA) is 110 Å². The van der Waals surface area contributed by atoms with Gasteiger partial charge in [-0.05, 0) is 36.5 Å². The predicted octanol–water partition coefficient (Wildman–Crippen LogP) is 4.72. The number of rotatable bonds is 6. The zero-order valence-corrected chi connectivity index (χ0v) is 21.9. The fraction of sp³-hybridized carbons (Fsp3) is 0.440. The molecule has 1 saturated heterocycles. The molecule has 198 valence electrons. The molecule has 3 aromatic rings. The second kappa shape index (κ2) is 9.94. The number of halogens is 3. The van der Waals surface area contributed by atoms with E-state index >= 15 is 0 Å². The van der Waals surface area contributed by atoms with Crippen LogP contribution < -0.4 is 4.74 Å². The van der Waals surface area contributed by atoms with E-state index in [1.807, 2.05) is 24.3 Å². The quantitative estimate of drug-likeness (QED) is 0.458. The van der Waals surface area contributed by atoms with Crippen LogP contribution >= 0.6 is 11.6 Å². The number of aliphatic hydroxyl groups excluding tert-OH is 1. The van der Waals surface area contributed by atoms with E-state index < -0.39 is 34.5 Å². The van der Waals surface area contributed by atoms with Crippen LogP contribution in [0.2, 0.25) is 5.02 Å². The minimum Gasteiger partial charge on any atom is -0.452 e. The average Bonchev–Trinajstić information content (AvgIpc) is 3.36. The smallest absolute Gasteiger partial charge is 0.314 e. The largest absolute Gasteiger partial charge is 0.452 e. The Labute approximate surface area is 218 Å². The first-order valence-corrected chi connectivity index (χ1v) is 14.5. The number of imidazole rings is 1. The molecule has 37 heavy (non-hydrogen) atoms. The summed E-state index contributed by atoms with van der Waals surface area (Å²) in [5.41, 5.74) is 4.31. The predicted molar refractivity (Wildman–Crippen MR) is 139 cm³/mol. The highest BCUT2D eigenvalue weighted by molar-refractivity contribution is 7.92. The number of hydrogen-bond donors (Lipinski definition) is 2. The van der Waals surface area contributed by atoms with Crippen molar-refractivity contribution in [1.82, 2.24) is 15.0 Å². The number of alkyl halides is 2. The van der Waals surface area contributed by atoms with Gasteiger partial charge in [-0.15, -0.1) is 0 Å². The normalized spacial score (nSPS) is 23.7. The van der Waals surface area contributed by atoms with Crippen molar-refractivity contribution in [1.29, 1.82) is 0 Å². The molecular weight excluding hydrogens is 526 g/mol. The van der Waals surface area contributed by atoms with Crippen molar-refractivity contribution in [2.24, 2.45) is 4.36 Å². The lowest BCUT2D eigenvalue weighted by atomic mass is 9.90. The Morgan fingerprint density at radius 3 is 2.62 bits per heavy atom. The average molecular weight is 553 g/mol. The van der Waals surface area contributed by atoms with E-state index in [0.29, 0.717) is 16.2 Å². The lowest BCUT2D eigenvalue weighted by Gasteiger charge is -2.20. The van der Waals surface area contributed by atoms with Crippen molar-refractivity contribution in [2.45, 2.75) is 43.4 Å². The number of H-pyrrole nitrogens is 1. The number of benzene rings is 1. The number of hydrogen-bond acceptors (Lipinski definition) is 7. The third-order valence-corrected chi connectivity index (χ3v) is 7.54. The molecule has 0 bridgehead atoms. The molecule has 12 heteroatoms. The molecule has 5 rings (SSSR count). The number of allylic oxidation sites excluding steroid dienone is 1. The van der Waals surface area contributed by atoms with E-state index in [1.54, 1.807) is 18.6 Å². The number of nitrogens with zero attached hydrogens (tertiary/aromatic N) is 3. The SMILES string of the molecule is CS(C)(=O)=NC1CC=C(c2ccc(-c3nc4nc(O[C@@H]5CO[C@H](CO)C5(F)F)[nH]c4cc3Cl)cc2)CC1. The highest BCUT2D eigenvalue weighted by Crippen LogP contribution is 2.36. The van der Waals surface area contributed by atoms with Gasteiger partial charge in [0.05, 0.1) is 35.5 Å². The molecule has 1 aromatic carbocycles. The van der Waals surface area contributed by atoms with Gasteiger partial charge in [-0.1, -0.05) is 41.9 Å². The van der Waals surface area contributed by atoms with Crippen LogP contribution in [0.1, 0.15) is 24.8 Å². The molecule has 0 radical (unpaired) electrons. The summed E-state index contributed by atoms with van der Waals surface area (Å²) in [5.74, 6) is -3.36. The first-order chi connectivity index (χ1) is 17.5. The molecular formula is C25H27ClF2N4O4S. The van der Waals surface area contributed by atoms with E-state index in [4.69, 9.17) is 26.2 Å². The summed E-state index contributed by atoms with van der Waals surface area (Å²) in [6, 6.07) is 9.44. The summed E-state index contributed by atoms with van der Waals surface area (Å²) < 4.78 is 55.3. The van der Waals surface area contributed by atoms with Crippen LogP contribution in [0.15, 0.2) is 40.8 Å². The lowest BCUT2D eigenvalue weighted by molar-refractivity contribution is -0.118. The minimum absolute atomic E-state index is 0.0894. The van der Waals surface area contributed by atoms with Crippen molar-refractivity contribution < 1.29 is 27.6 Å². The van der Waals surface area contributed by atoms with Gasteiger partial charge in [0, 0.05) is 27.8 Å². The van der Waals surface area contributed by atoms with Crippen molar-refractivity contribution in [3.63, 3.8) is 0 Å². The summed E-state index contributed by atoms with van der Waals surface area (Å²) in [6.45, 7) is -1.18. The fourth-order valence-electron chi connectivity index (χ4n) is 4.59. The Morgan fingerprint density at radius 2 is 2.00 bits per heavy atom. The molecule has 0 spiro atoms. The standard InChI is InChI=1S/C25H27ClF2N4O4S/c1-37(2,34)32-17-9-7-15(8-10-17)14-3-5-16(6-4-14)22-18(26)11-19-23(30-22)31-24(29-19)36-21-13-35-20(12-33)25(21,27)28/h3-7,11,17,20-21,33H,8-10,12-13H2,1-2H3,(H,29,30,31)/t17?,20-,21-/m1/s1. The summed E-state index contributed by atoms with van der Waals surface area (Å²) in [6.07, 6.45) is 4.76. The van der Waals surface area contributed by atoms with Gasteiger partial charge in [-0.25, -0.2) is 9.35 Å². The maximum absolute atomic E-state index is 14.3. The maximum atomic E-state index is 14.3. The van der Waals surface area contributed by atoms with Crippen LogP contribution in [-0.2, 0) is 14.5 Å². The van der Waals surface area contributed by atoms with Crippen LogP contribution in [-0.4, -0.2) is 74.2 Å². The zero-order chi connectivity index (χ0) is 26.4. The second-order valence-electron chi connectivity index (χ2n) is 9.54. The first-order valence-electron chi connectivity index (χ1n) is 11.8. The molecule has 1 aliphatic carbocycles. The molecule has 1 unspecified atom stereocenters. The second-order valence-corrected chi connectivity index (χ2v) is 12.5. The van der Waals surface area contributed by atoms with Gasteiger partial charge in [0.1, 0.15) is 6.10 Å². The molecule has 0 saturated carbocycles. The number of aromatic nitrogens is 3. The molecule has 8 nitrogen and oxygen atoms in total. The zero-order valence-electron chi connectivity index (χ0n) is 20.3. The van der Waals surface area contributed by atoms with Gasteiger partial charge in [-0.2, -0.15) is 13.8 Å². The van der Waals surface area contributed by atoms with E-state index in [-0.39, 0.29) is 24.3 Å². The van der Waals surface area contributed by atoms with E-state index in [1.165, 1.54) is 5.57 Å². The van der Waals surface area contributed by atoms with Gasteiger partial charge in [-0.3, -0.25) is 4.21 Å². The van der Waals surface area contributed by atoms with Gasteiger partial charge in [0.15, 0.2) is 11.8 Å². The Hall–Kier alpha value is -2.60. The van der Waals surface area contributed by atoms with Crippen molar-refractivity contribution in [3.05, 3.63) is 47.0 Å². The van der Waals surface area contributed by atoms with Crippen molar-refractivity contribution in [2.75, 3.05) is 25.7 Å². The van der Waals surface area contributed by atoms with E-state index in [0.717, 1.165) is 30.4 Å². The Balaban J connectivity index is 1.34. The van der Waals surface area contributed by atoms with Crippen molar-refractivity contribution >= 4 is 38.1 Å². The molecule has 3 heterocycles. The minimum atomic E-state index is -3.36. The highest BCUT2D eigenvalue weighted by Gasteiger charge is 2.55.